The van der Waals surface area contributed by atoms with E-state index in [1.165, 1.54) is 334 Å². The zero-order chi connectivity index (χ0) is 58.5. The number of hydrogen-bond acceptors (Lipinski definition) is 6. The van der Waals surface area contributed by atoms with Crippen molar-refractivity contribution in [3.05, 3.63) is 12.2 Å². The summed E-state index contributed by atoms with van der Waals surface area (Å²) in [5, 5.41) is 0. The molecule has 0 spiro atoms. The quantitative estimate of drug-likeness (QED) is 0.0261. The minimum atomic E-state index is -0.768. The first kappa shape index (κ1) is 79.2. The van der Waals surface area contributed by atoms with Crippen LogP contribution >= 0.6 is 0 Å². The second-order valence-electron chi connectivity index (χ2n) is 25.6. The number of carbonyl (C=O) groups excluding carboxylic acids is 3. The predicted octanol–water partition coefficient (Wildman–Crippen LogP) is 25.6. The largest absolute Gasteiger partial charge is 0.462 e. The van der Waals surface area contributed by atoms with E-state index in [1.807, 2.05) is 0 Å². The molecule has 0 fully saturated rings. The highest BCUT2D eigenvalue weighted by Gasteiger charge is 2.20. The monoisotopic (exact) mass is 1140 g/mol. The van der Waals surface area contributed by atoms with Gasteiger partial charge in [0.25, 0.3) is 0 Å². The van der Waals surface area contributed by atoms with Crippen LogP contribution in [0.4, 0.5) is 0 Å². The molecular weight excluding hydrogens is 997 g/mol. The average Bonchev–Trinajstić information content (AvgIpc) is 3.47. The van der Waals surface area contributed by atoms with Crippen molar-refractivity contribution in [2.45, 2.75) is 438 Å². The summed E-state index contributed by atoms with van der Waals surface area (Å²) < 4.78 is 17.0. The van der Waals surface area contributed by atoms with E-state index < -0.39 is 6.10 Å². The summed E-state index contributed by atoms with van der Waals surface area (Å²) in [5.41, 5.74) is 0. The standard InChI is InChI=1S/C75H144O6/c1-4-7-10-13-16-19-22-25-28-31-33-35-36-37-38-40-41-44-47-50-53-56-59-62-65-68-74(77)80-71-72(70-79-73(76)67-64-61-58-55-52-49-46-43-30-27-24-21-18-15-12-9-6-3)81-75(78)69-66-63-60-57-54-51-48-45-42-39-34-32-29-26-23-20-17-14-11-8-5-2/h32,34,72H,4-31,33,35-71H2,1-3H3/b34-32-. The zero-order valence-electron chi connectivity index (χ0n) is 55.4. The molecule has 0 aliphatic heterocycles. The van der Waals surface area contributed by atoms with Crippen LogP contribution in [0, 0.1) is 0 Å². The van der Waals surface area contributed by atoms with Crippen LogP contribution < -0.4 is 0 Å². The molecule has 81 heavy (non-hydrogen) atoms. The zero-order valence-corrected chi connectivity index (χ0v) is 55.4. The summed E-state index contributed by atoms with van der Waals surface area (Å²) in [6.07, 6.45) is 85.3. The van der Waals surface area contributed by atoms with Crippen LogP contribution in [0.25, 0.3) is 0 Å². The van der Waals surface area contributed by atoms with E-state index in [1.54, 1.807) is 0 Å². The molecule has 0 heterocycles. The van der Waals surface area contributed by atoms with E-state index >= 15 is 0 Å². The molecule has 1 unspecified atom stereocenters. The number of esters is 3. The molecule has 0 aromatic carbocycles. The van der Waals surface area contributed by atoms with Crippen molar-refractivity contribution in [2.75, 3.05) is 13.2 Å². The SMILES string of the molecule is CCCCCCCCCC/C=C\CCCCCCCCCCCC(=O)OC(COC(=O)CCCCCCCCCCCCCCCCCCC)COC(=O)CCCCCCCCCCCCCCCCCCCCCCCCCCC. The molecular formula is C75H144O6. The maximum Gasteiger partial charge on any atom is 0.306 e. The Morgan fingerprint density at radius 3 is 0.617 bits per heavy atom. The molecule has 0 bridgehead atoms. The lowest BCUT2D eigenvalue weighted by atomic mass is 10.0. The molecule has 6 nitrogen and oxygen atoms in total. The topological polar surface area (TPSA) is 78.9 Å². The number of hydrogen-bond donors (Lipinski definition) is 0. The first-order chi connectivity index (χ1) is 40.0. The van der Waals surface area contributed by atoms with Crippen molar-refractivity contribution < 1.29 is 28.6 Å². The summed E-state index contributed by atoms with van der Waals surface area (Å²) in [5.74, 6) is -0.826. The molecule has 0 aromatic rings. The molecule has 0 aromatic heterocycles. The molecule has 0 amide bonds. The highest BCUT2D eigenvalue weighted by Crippen LogP contribution is 2.19. The van der Waals surface area contributed by atoms with Gasteiger partial charge in [0.1, 0.15) is 13.2 Å². The summed E-state index contributed by atoms with van der Waals surface area (Å²) >= 11 is 0. The van der Waals surface area contributed by atoms with Gasteiger partial charge in [0, 0.05) is 19.3 Å². The van der Waals surface area contributed by atoms with Gasteiger partial charge in [0.2, 0.25) is 0 Å². The second-order valence-corrected chi connectivity index (χ2v) is 25.6. The van der Waals surface area contributed by atoms with Crippen molar-refractivity contribution in [1.29, 1.82) is 0 Å². The van der Waals surface area contributed by atoms with Crippen LogP contribution in [-0.4, -0.2) is 37.2 Å². The Bertz CT molecular complexity index is 1260. The fourth-order valence-electron chi connectivity index (χ4n) is 11.7. The van der Waals surface area contributed by atoms with Gasteiger partial charge >= 0.3 is 17.9 Å². The third-order valence-electron chi connectivity index (χ3n) is 17.3. The molecule has 0 saturated heterocycles. The van der Waals surface area contributed by atoms with Gasteiger partial charge in [-0.1, -0.05) is 380 Å². The number of allylic oxidation sites excluding steroid dienone is 2. The summed E-state index contributed by atoms with van der Waals surface area (Å²) in [6.45, 7) is 6.74. The first-order valence-corrected chi connectivity index (χ1v) is 37.2. The van der Waals surface area contributed by atoms with Crippen LogP contribution in [0.1, 0.15) is 432 Å². The average molecular weight is 1140 g/mol. The van der Waals surface area contributed by atoms with E-state index in [4.69, 9.17) is 14.2 Å². The van der Waals surface area contributed by atoms with Crippen LogP contribution in [0.3, 0.4) is 0 Å². The number of carbonyl (C=O) groups is 3. The van der Waals surface area contributed by atoms with Crippen molar-refractivity contribution in [3.63, 3.8) is 0 Å². The first-order valence-electron chi connectivity index (χ1n) is 37.2. The Morgan fingerprint density at radius 1 is 0.235 bits per heavy atom. The van der Waals surface area contributed by atoms with E-state index in [0.29, 0.717) is 19.3 Å². The lowest BCUT2D eigenvalue weighted by Crippen LogP contribution is -2.30. The van der Waals surface area contributed by atoms with Crippen molar-refractivity contribution in [3.8, 4) is 0 Å². The predicted molar refractivity (Wildman–Crippen MR) is 353 cm³/mol. The lowest BCUT2D eigenvalue weighted by Gasteiger charge is -2.18. The normalized spacial score (nSPS) is 12.0. The maximum absolute atomic E-state index is 13.0. The third kappa shape index (κ3) is 68.8. The highest BCUT2D eigenvalue weighted by molar-refractivity contribution is 5.71. The molecule has 1 atom stereocenters. The molecule has 6 heteroatoms. The van der Waals surface area contributed by atoms with Gasteiger partial charge in [0.15, 0.2) is 6.10 Å². The Labute approximate surface area is 507 Å². The lowest BCUT2D eigenvalue weighted by molar-refractivity contribution is -0.167. The minimum absolute atomic E-state index is 0.0635. The molecule has 480 valence electrons. The summed E-state index contributed by atoms with van der Waals surface area (Å²) in [4.78, 5) is 38.5. The fraction of sp³-hybridized carbons (Fsp3) is 0.933. The molecule has 0 rings (SSSR count). The smallest absolute Gasteiger partial charge is 0.306 e. The molecule has 0 aliphatic carbocycles. The van der Waals surface area contributed by atoms with E-state index in [-0.39, 0.29) is 31.1 Å². The van der Waals surface area contributed by atoms with Gasteiger partial charge in [0.05, 0.1) is 0 Å². The van der Waals surface area contributed by atoms with E-state index in [9.17, 15) is 14.4 Å². The highest BCUT2D eigenvalue weighted by atomic mass is 16.6. The van der Waals surface area contributed by atoms with Gasteiger partial charge in [-0.2, -0.15) is 0 Å². The van der Waals surface area contributed by atoms with Crippen LogP contribution in [0.15, 0.2) is 12.2 Å². The Morgan fingerprint density at radius 2 is 0.407 bits per heavy atom. The summed E-state index contributed by atoms with van der Waals surface area (Å²) in [7, 11) is 0. The van der Waals surface area contributed by atoms with E-state index in [0.717, 1.165) is 57.8 Å². The molecule has 0 radical (unpaired) electrons. The fourth-order valence-corrected chi connectivity index (χ4v) is 11.7. The van der Waals surface area contributed by atoms with Crippen LogP contribution in [0.2, 0.25) is 0 Å². The maximum atomic E-state index is 13.0. The van der Waals surface area contributed by atoms with Gasteiger partial charge in [-0.05, 0) is 44.9 Å². The van der Waals surface area contributed by atoms with Gasteiger partial charge in [-0.3, -0.25) is 14.4 Å². The van der Waals surface area contributed by atoms with Crippen molar-refractivity contribution in [2.24, 2.45) is 0 Å². The molecule has 0 saturated carbocycles. The van der Waals surface area contributed by atoms with Crippen molar-refractivity contribution in [1.82, 2.24) is 0 Å². The number of ether oxygens (including phenoxy) is 3. The van der Waals surface area contributed by atoms with Crippen LogP contribution in [0.5, 0.6) is 0 Å². The minimum Gasteiger partial charge on any atom is -0.462 e. The molecule has 0 aliphatic rings. The van der Waals surface area contributed by atoms with Crippen molar-refractivity contribution >= 4 is 17.9 Å². The van der Waals surface area contributed by atoms with E-state index in [2.05, 4.69) is 32.9 Å². The number of unbranched alkanes of at least 4 members (excludes halogenated alkanes) is 57. The molecule has 0 N–H and O–H groups in total. The van der Waals surface area contributed by atoms with Gasteiger partial charge in [-0.15, -0.1) is 0 Å². The third-order valence-corrected chi connectivity index (χ3v) is 17.3. The Hall–Kier alpha value is -1.85. The Kier molecular flexibility index (Phi) is 69.0. The second kappa shape index (κ2) is 70.6. The van der Waals surface area contributed by atoms with Crippen LogP contribution in [-0.2, 0) is 28.6 Å². The Balaban J connectivity index is 4.25. The number of rotatable bonds is 70. The van der Waals surface area contributed by atoms with Gasteiger partial charge < -0.3 is 14.2 Å². The summed E-state index contributed by atoms with van der Waals surface area (Å²) in [6, 6.07) is 0. The van der Waals surface area contributed by atoms with Gasteiger partial charge in [-0.25, -0.2) is 0 Å².